The van der Waals surface area contributed by atoms with Gasteiger partial charge in [-0.1, -0.05) is 12.2 Å². The average molecular weight is 170 g/mol. The standard InChI is InChI=1S/C9H11FO2/c10-4-7-5-1-2-6(3-5)8(7)9(11)12/h1-2,5-8H,3-4H2,(H,11,12)/t5-,6+,7+,8+/m0/s1. The van der Waals surface area contributed by atoms with Crippen molar-refractivity contribution in [3.8, 4) is 0 Å². The summed E-state index contributed by atoms with van der Waals surface area (Å²) in [5.41, 5.74) is 0. The number of aliphatic carboxylic acids is 1. The Morgan fingerprint density at radius 3 is 2.67 bits per heavy atom. The summed E-state index contributed by atoms with van der Waals surface area (Å²) in [4.78, 5) is 10.8. The van der Waals surface area contributed by atoms with Crippen molar-refractivity contribution in [2.75, 3.05) is 6.67 Å². The lowest BCUT2D eigenvalue weighted by molar-refractivity contribution is -0.144. The number of carboxylic acids is 1. The third kappa shape index (κ3) is 0.886. The molecule has 0 heterocycles. The van der Waals surface area contributed by atoms with Crippen molar-refractivity contribution in [3.63, 3.8) is 0 Å². The summed E-state index contributed by atoms with van der Waals surface area (Å²) < 4.78 is 12.5. The van der Waals surface area contributed by atoms with Crippen molar-refractivity contribution in [1.82, 2.24) is 0 Å². The quantitative estimate of drug-likeness (QED) is 0.637. The van der Waals surface area contributed by atoms with Gasteiger partial charge in [-0.05, 0) is 18.3 Å². The molecule has 1 saturated carbocycles. The summed E-state index contributed by atoms with van der Waals surface area (Å²) in [6.45, 7) is -0.498. The number of allylic oxidation sites excluding steroid dienone is 2. The molecule has 0 amide bonds. The van der Waals surface area contributed by atoms with Gasteiger partial charge in [-0.15, -0.1) is 0 Å². The van der Waals surface area contributed by atoms with E-state index in [1.165, 1.54) is 0 Å². The molecule has 0 aromatic carbocycles. The summed E-state index contributed by atoms with van der Waals surface area (Å²) in [5.74, 6) is -1.30. The van der Waals surface area contributed by atoms with Gasteiger partial charge in [0.1, 0.15) is 0 Å². The van der Waals surface area contributed by atoms with Crippen LogP contribution in [0.15, 0.2) is 12.2 Å². The van der Waals surface area contributed by atoms with Crippen molar-refractivity contribution in [2.45, 2.75) is 6.42 Å². The van der Waals surface area contributed by atoms with Crippen LogP contribution in [0.1, 0.15) is 6.42 Å². The second-order valence-corrected chi connectivity index (χ2v) is 3.63. The third-order valence-electron chi connectivity index (χ3n) is 3.09. The van der Waals surface area contributed by atoms with E-state index in [0.29, 0.717) is 0 Å². The molecule has 2 aliphatic rings. The maximum atomic E-state index is 12.5. The molecule has 66 valence electrons. The number of hydrogen-bond acceptors (Lipinski definition) is 1. The van der Waals surface area contributed by atoms with Crippen LogP contribution in [0.5, 0.6) is 0 Å². The van der Waals surface area contributed by atoms with Crippen LogP contribution < -0.4 is 0 Å². The second kappa shape index (κ2) is 2.57. The molecular formula is C9H11FO2. The lowest BCUT2D eigenvalue weighted by Crippen LogP contribution is -2.28. The Kier molecular flexibility index (Phi) is 1.67. The summed E-state index contributed by atoms with van der Waals surface area (Å²) in [6, 6.07) is 0. The van der Waals surface area contributed by atoms with E-state index in [9.17, 15) is 9.18 Å². The molecule has 0 aromatic heterocycles. The Morgan fingerprint density at radius 1 is 1.50 bits per heavy atom. The molecule has 0 radical (unpaired) electrons. The highest BCUT2D eigenvalue weighted by Gasteiger charge is 2.48. The second-order valence-electron chi connectivity index (χ2n) is 3.63. The fraction of sp³-hybridized carbons (Fsp3) is 0.667. The van der Waals surface area contributed by atoms with E-state index in [1.54, 1.807) is 0 Å². The van der Waals surface area contributed by atoms with Crippen molar-refractivity contribution in [1.29, 1.82) is 0 Å². The molecule has 12 heavy (non-hydrogen) atoms. The maximum Gasteiger partial charge on any atom is 0.307 e. The minimum atomic E-state index is -0.838. The first-order chi connectivity index (χ1) is 5.74. The molecule has 0 aliphatic heterocycles. The van der Waals surface area contributed by atoms with Crippen molar-refractivity contribution < 1.29 is 14.3 Å². The molecule has 2 bridgehead atoms. The van der Waals surface area contributed by atoms with E-state index in [4.69, 9.17) is 5.11 Å². The minimum absolute atomic E-state index is 0.0910. The van der Waals surface area contributed by atoms with Gasteiger partial charge in [0, 0.05) is 5.92 Å². The minimum Gasteiger partial charge on any atom is -0.481 e. The summed E-state index contributed by atoms with van der Waals surface area (Å²) in [7, 11) is 0. The maximum absolute atomic E-state index is 12.5. The van der Waals surface area contributed by atoms with Crippen LogP contribution in [0.2, 0.25) is 0 Å². The van der Waals surface area contributed by atoms with E-state index in [0.717, 1.165) is 6.42 Å². The molecule has 1 N–H and O–H groups in total. The monoisotopic (exact) mass is 170 g/mol. The number of carbonyl (C=O) groups is 1. The highest BCUT2D eigenvalue weighted by atomic mass is 19.1. The molecule has 3 heteroatoms. The van der Waals surface area contributed by atoms with E-state index >= 15 is 0 Å². The van der Waals surface area contributed by atoms with Gasteiger partial charge in [0.25, 0.3) is 0 Å². The lowest BCUT2D eigenvalue weighted by atomic mass is 9.84. The zero-order valence-corrected chi connectivity index (χ0v) is 6.61. The SMILES string of the molecule is O=C(O)[C@H]1[C@H](CF)[C@H]2C=C[C@@H]1C2. The van der Waals surface area contributed by atoms with E-state index in [2.05, 4.69) is 0 Å². The Morgan fingerprint density at radius 2 is 2.17 bits per heavy atom. The third-order valence-corrected chi connectivity index (χ3v) is 3.09. The van der Waals surface area contributed by atoms with Crippen LogP contribution in [0.3, 0.4) is 0 Å². The first-order valence-electron chi connectivity index (χ1n) is 4.21. The van der Waals surface area contributed by atoms with Crippen LogP contribution in [0, 0.1) is 23.7 Å². The zero-order valence-electron chi connectivity index (χ0n) is 6.61. The van der Waals surface area contributed by atoms with Crippen molar-refractivity contribution in [2.24, 2.45) is 23.7 Å². The molecule has 2 aliphatic carbocycles. The Bertz CT molecular complexity index is 237. The number of alkyl halides is 1. The van der Waals surface area contributed by atoms with Crippen molar-refractivity contribution >= 4 is 5.97 Å². The summed E-state index contributed by atoms with van der Waals surface area (Å²) in [6.07, 6.45) is 4.73. The largest absolute Gasteiger partial charge is 0.481 e. The molecule has 0 saturated heterocycles. The predicted molar refractivity (Wildman–Crippen MR) is 41.3 cm³/mol. The molecule has 0 spiro atoms. The van der Waals surface area contributed by atoms with Gasteiger partial charge in [0.2, 0.25) is 0 Å². The molecular weight excluding hydrogens is 159 g/mol. The highest BCUT2D eigenvalue weighted by Crippen LogP contribution is 2.48. The molecule has 1 fully saturated rings. The van der Waals surface area contributed by atoms with Gasteiger partial charge in [-0.2, -0.15) is 0 Å². The van der Waals surface area contributed by atoms with Gasteiger partial charge in [-0.3, -0.25) is 9.18 Å². The van der Waals surface area contributed by atoms with Crippen molar-refractivity contribution in [3.05, 3.63) is 12.2 Å². The predicted octanol–water partition coefficient (Wildman–Crippen LogP) is 1.48. The number of carboxylic acid groups (broad SMARTS) is 1. The number of fused-ring (bicyclic) bond motifs is 2. The van der Waals surface area contributed by atoms with Crippen LogP contribution in [-0.2, 0) is 4.79 Å². The van der Waals surface area contributed by atoms with Gasteiger partial charge in [0.15, 0.2) is 0 Å². The van der Waals surface area contributed by atoms with Crippen LogP contribution in [0.4, 0.5) is 4.39 Å². The fourth-order valence-electron chi connectivity index (χ4n) is 2.50. The fourth-order valence-corrected chi connectivity index (χ4v) is 2.50. The van der Waals surface area contributed by atoms with Crippen LogP contribution in [-0.4, -0.2) is 17.8 Å². The van der Waals surface area contributed by atoms with E-state index < -0.39 is 18.6 Å². The number of rotatable bonds is 2. The summed E-state index contributed by atoms with van der Waals surface area (Å²) >= 11 is 0. The van der Waals surface area contributed by atoms with Gasteiger partial charge in [0.05, 0.1) is 12.6 Å². The van der Waals surface area contributed by atoms with E-state index in [1.807, 2.05) is 12.2 Å². The first kappa shape index (κ1) is 7.77. The Labute approximate surface area is 70.1 Å². The highest BCUT2D eigenvalue weighted by molar-refractivity contribution is 5.72. The topological polar surface area (TPSA) is 37.3 Å². The molecule has 0 aromatic rings. The zero-order chi connectivity index (χ0) is 8.72. The first-order valence-corrected chi connectivity index (χ1v) is 4.21. The number of halogens is 1. The van der Waals surface area contributed by atoms with Gasteiger partial charge < -0.3 is 5.11 Å². The molecule has 2 nitrogen and oxygen atoms in total. The molecule has 2 rings (SSSR count). The van der Waals surface area contributed by atoms with Crippen LogP contribution >= 0.6 is 0 Å². The molecule has 4 atom stereocenters. The Balaban J connectivity index is 2.23. The molecule has 0 unspecified atom stereocenters. The normalized spacial score (nSPS) is 43.8. The van der Waals surface area contributed by atoms with Gasteiger partial charge in [-0.25, -0.2) is 0 Å². The van der Waals surface area contributed by atoms with Gasteiger partial charge >= 0.3 is 5.97 Å². The Hall–Kier alpha value is -0.860. The smallest absolute Gasteiger partial charge is 0.307 e. The van der Waals surface area contributed by atoms with Crippen LogP contribution in [0.25, 0.3) is 0 Å². The average Bonchev–Trinajstić information content (AvgIpc) is 2.60. The lowest BCUT2D eigenvalue weighted by Gasteiger charge is -2.21. The van der Waals surface area contributed by atoms with E-state index in [-0.39, 0.29) is 17.8 Å². The summed E-state index contributed by atoms with van der Waals surface area (Å²) in [5, 5.41) is 8.84. The number of hydrogen-bond donors (Lipinski definition) is 1.